The standard InChI is InChI=1S/C14H20N4O/c1-13(2,14(3,4)15)12(19)17-10-6-5-7-11-9(10)8-16-18-11/h5-8H,15H2,1-4H3,(H,16,18)(H,17,19). The summed E-state index contributed by atoms with van der Waals surface area (Å²) in [6, 6.07) is 5.64. The highest BCUT2D eigenvalue weighted by atomic mass is 16.2. The lowest BCUT2D eigenvalue weighted by molar-refractivity contribution is -0.126. The van der Waals surface area contributed by atoms with Crippen LogP contribution < -0.4 is 11.1 Å². The molecule has 5 heteroatoms. The Morgan fingerprint density at radius 3 is 2.63 bits per heavy atom. The molecule has 0 bridgehead atoms. The maximum Gasteiger partial charge on any atom is 0.231 e. The molecule has 0 saturated carbocycles. The second-order valence-electron chi connectivity index (χ2n) is 5.94. The van der Waals surface area contributed by atoms with Crippen LogP contribution in [0.4, 0.5) is 5.69 Å². The molecule has 0 aliphatic carbocycles. The number of anilines is 1. The van der Waals surface area contributed by atoms with E-state index in [4.69, 9.17) is 5.73 Å². The second kappa shape index (κ2) is 4.35. The zero-order chi connectivity index (χ0) is 14.3. The molecule has 1 amide bonds. The normalized spacial score (nSPS) is 12.7. The minimum absolute atomic E-state index is 0.103. The van der Waals surface area contributed by atoms with Crippen LogP contribution in [-0.2, 0) is 4.79 Å². The quantitative estimate of drug-likeness (QED) is 0.791. The van der Waals surface area contributed by atoms with Crippen LogP contribution in [0.15, 0.2) is 24.4 Å². The molecule has 0 saturated heterocycles. The highest BCUT2D eigenvalue weighted by Crippen LogP contribution is 2.31. The number of nitrogens with two attached hydrogens (primary N) is 1. The first kappa shape index (κ1) is 13.5. The smallest absolute Gasteiger partial charge is 0.231 e. The molecule has 0 fully saturated rings. The van der Waals surface area contributed by atoms with Crippen molar-refractivity contribution < 1.29 is 4.79 Å². The summed E-state index contributed by atoms with van der Waals surface area (Å²) in [6.07, 6.45) is 1.70. The fraction of sp³-hybridized carbons (Fsp3) is 0.429. The van der Waals surface area contributed by atoms with Gasteiger partial charge in [0.15, 0.2) is 0 Å². The Morgan fingerprint density at radius 1 is 1.32 bits per heavy atom. The van der Waals surface area contributed by atoms with Gasteiger partial charge < -0.3 is 11.1 Å². The number of aromatic nitrogens is 2. The summed E-state index contributed by atoms with van der Waals surface area (Å²) in [5.74, 6) is -0.103. The summed E-state index contributed by atoms with van der Waals surface area (Å²) in [4.78, 5) is 12.4. The number of benzene rings is 1. The minimum atomic E-state index is -0.682. The fourth-order valence-electron chi connectivity index (χ4n) is 1.65. The third kappa shape index (κ3) is 2.33. The Labute approximate surface area is 112 Å². The molecule has 1 heterocycles. The zero-order valence-electron chi connectivity index (χ0n) is 11.7. The molecule has 1 aromatic carbocycles. The summed E-state index contributed by atoms with van der Waals surface area (Å²) >= 11 is 0. The third-order valence-corrected chi connectivity index (χ3v) is 3.91. The highest BCUT2D eigenvalue weighted by molar-refractivity contribution is 6.03. The van der Waals surface area contributed by atoms with Gasteiger partial charge in [-0.2, -0.15) is 5.10 Å². The molecule has 102 valence electrons. The second-order valence-corrected chi connectivity index (χ2v) is 5.94. The van der Waals surface area contributed by atoms with E-state index >= 15 is 0 Å². The Morgan fingerprint density at radius 2 is 2.00 bits per heavy atom. The van der Waals surface area contributed by atoms with E-state index in [1.54, 1.807) is 6.20 Å². The van der Waals surface area contributed by atoms with Gasteiger partial charge in [0.2, 0.25) is 5.91 Å². The van der Waals surface area contributed by atoms with Gasteiger partial charge in [-0.15, -0.1) is 0 Å². The fourth-order valence-corrected chi connectivity index (χ4v) is 1.65. The molecule has 0 unspecified atom stereocenters. The van der Waals surface area contributed by atoms with Gasteiger partial charge in [-0.1, -0.05) is 6.07 Å². The van der Waals surface area contributed by atoms with Crippen LogP contribution in [0.5, 0.6) is 0 Å². The van der Waals surface area contributed by atoms with Crippen molar-refractivity contribution in [1.29, 1.82) is 0 Å². The van der Waals surface area contributed by atoms with E-state index in [0.29, 0.717) is 0 Å². The number of aromatic amines is 1. The average Bonchev–Trinajstić information content (AvgIpc) is 2.76. The maximum absolute atomic E-state index is 12.4. The van der Waals surface area contributed by atoms with Gasteiger partial charge in [0.05, 0.1) is 22.8 Å². The highest BCUT2D eigenvalue weighted by Gasteiger charge is 2.40. The first-order chi connectivity index (χ1) is 8.73. The van der Waals surface area contributed by atoms with Gasteiger partial charge in [0.25, 0.3) is 0 Å². The predicted octanol–water partition coefficient (Wildman–Crippen LogP) is 2.26. The van der Waals surface area contributed by atoms with Crippen molar-refractivity contribution in [2.75, 3.05) is 5.32 Å². The molecular formula is C14H20N4O. The lowest BCUT2D eigenvalue weighted by atomic mass is 9.74. The topological polar surface area (TPSA) is 83.8 Å². The van der Waals surface area contributed by atoms with Crippen LogP contribution in [0.1, 0.15) is 27.7 Å². The lowest BCUT2D eigenvalue weighted by Crippen LogP contribution is -2.53. The van der Waals surface area contributed by atoms with E-state index in [0.717, 1.165) is 16.6 Å². The van der Waals surface area contributed by atoms with E-state index in [-0.39, 0.29) is 5.91 Å². The van der Waals surface area contributed by atoms with Gasteiger partial charge in [-0.25, -0.2) is 0 Å². The Balaban J connectivity index is 2.31. The number of carbonyl (C=O) groups excluding carboxylic acids is 1. The SMILES string of the molecule is CC(C)(N)C(C)(C)C(=O)Nc1cccc2[nH]ncc12. The Bertz CT molecular complexity index is 607. The van der Waals surface area contributed by atoms with Crippen LogP contribution >= 0.6 is 0 Å². The van der Waals surface area contributed by atoms with Crippen molar-refractivity contribution in [3.05, 3.63) is 24.4 Å². The number of rotatable bonds is 3. The summed E-state index contributed by atoms with van der Waals surface area (Å²) in [5, 5.41) is 10.7. The minimum Gasteiger partial charge on any atom is -0.325 e. The lowest BCUT2D eigenvalue weighted by Gasteiger charge is -2.36. The molecule has 19 heavy (non-hydrogen) atoms. The number of amides is 1. The van der Waals surface area contributed by atoms with Crippen molar-refractivity contribution in [2.24, 2.45) is 11.1 Å². The van der Waals surface area contributed by atoms with Crippen molar-refractivity contribution in [3.8, 4) is 0 Å². The van der Waals surface area contributed by atoms with E-state index in [1.165, 1.54) is 0 Å². The maximum atomic E-state index is 12.4. The molecule has 0 atom stereocenters. The molecule has 1 aromatic heterocycles. The van der Waals surface area contributed by atoms with Gasteiger partial charge in [0.1, 0.15) is 0 Å². The number of hydrogen-bond donors (Lipinski definition) is 3. The molecule has 5 nitrogen and oxygen atoms in total. The molecule has 2 aromatic rings. The largest absolute Gasteiger partial charge is 0.325 e. The summed E-state index contributed by atoms with van der Waals surface area (Å²) in [5.41, 5.74) is 6.43. The monoisotopic (exact) mass is 260 g/mol. The van der Waals surface area contributed by atoms with E-state index < -0.39 is 11.0 Å². The van der Waals surface area contributed by atoms with Crippen LogP contribution in [0.3, 0.4) is 0 Å². The van der Waals surface area contributed by atoms with Crippen LogP contribution in [0.2, 0.25) is 0 Å². The summed E-state index contributed by atoms with van der Waals surface area (Å²) in [7, 11) is 0. The predicted molar refractivity (Wildman–Crippen MR) is 76.8 cm³/mol. The van der Waals surface area contributed by atoms with Crippen molar-refractivity contribution in [2.45, 2.75) is 33.2 Å². The first-order valence-corrected chi connectivity index (χ1v) is 6.26. The molecule has 0 aliphatic rings. The number of nitrogens with one attached hydrogen (secondary N) is 2. The van der Waals surface area contributed by atoms with Crippen molar-refractivity contribution in [1.82, 2.24) is 10.2 Å². The number of nitrogens with zero attached hydrogens (tertiary/aromatic N) is 1. The molecule has 2 rings (SSSR count). The van der Waals surface area contributed by atoms with Crippen molar-refractivity contribution in [3.63, 3.8) is 0 Å². The number of fused-ring (bicyclic) bond motifs is 1. The molecule has 0 spiro atoms. The Kier molecular flexibility index (Phi) is 3.10. The molecule has 0 radical (unpaired) electrons. The summed E-state index contributed by atoms with van der Waals surface area (Å²) in [6.45, 7) is 7.39. The third-order valence-electron chi connectivity index (χ3n) is 3.91. The average molecular weight is 260 g/mol. The van der Waals surface area contributed by atoms with Crippen LogP contribution in [-0.4, -0.2) is 21.6 Å². The van der Waals surface area contributed by atoms with Gasteiger partial charge in [-0.3, -0.25) is 9.89 Å². The first-order valence-electron chi connectivity index (χ1n) is 6.26. The van der Waals surface area contributed by atoms with E-state index in [2.05, 4.69) is 15.5 Å². The van der Waals surface area contributed by atoms with Crippen molar-refractivity contribution >= 4 is 22.5 Å². The molecular weight excluding hydrogens is 240 g/mol. The summed E-state index contributed by atoms with van der Waals surface area (Å²) < 4.78 is 0. The van der Waals surface area contributed by atoms with E-state index in [1.807, 2.05) is 45.9 Å². The van der Waals surface area contributed by atoms with Crippen LogP contribution in [0.25, 0.3) is 10.9 Å². The molecule has 4 N–H and O–H groups in total. The van der Waals surface area contributed by atoms with Gasteiger partial charge >= 0.3 is 0 Å². The van der Waals surface area contributed by atoms with Gasteiger partial charge in [0, 0.05) is 10.9 Å². The van der Waals surface area contributed by atoms with Gasteiger partial charge in [-0.05, 0) is 39.8 Å². The number of hydrogen-bond acceptors (Lipinski definition) is 3. The number of carbonyl (C=O) groups is 1. The number of H-pyrrole nitrogens is 1. The zero-order valence-corrected chi connectivity index (χ0v) is 11.7. The van der Waals surface area contributed by atoms with Crippen LogP contribution in [0, 0.1) is 5.41 Å². The molecule has 0 aliphatic heterocycles. The Hall–Kier alpha value is -1.88. The van der Waals surface area contributed by atoms with E-state index in [9.17, 15) is 4.79 Å².